The lowest BCUT2D eigenvalue weighted by molar-refractivity contribution is 0.101. The van der Waals surface area contributed by atoms with Gasteiger partial charge in [0.05, 0.1) is 24.3 Å². The highest BCUT2D eigenvalue weighted by molar-refractivity contribution is 6.09. The second-order valence-corrected chi connectivity index (χ2v) is 6.86. The lowest BCUT2D eigenvalue weighted by Crippen LogP contribution is -2.04. The second kappa shape index (κ2) is 8.25. The molecular weight excluding hydrogens is 380 g/mol. The summed E-state index contributed by atoms with van der Waals surface area (Å²) in [5, 5.41) is 0.676. The summed E-state index contributed by atoms with van der Waals surface area (Å²) in [6.07, 6.45) is 1.54. The van der Waals surface area contributed by atoms with E-state index in [0.717, 1.165) is 5.56 Å². The van der Waals surface area contributed by atoms with Gasteiger partial charge in [0.25, 0.3) is 0 Å². The van der Waals surface area contributed by atoms with Crippen molar-refractivity contribution >= 4 is 22.5 Å². The van der Waals surface area contributed by atoms with E-state index in [4.69, 9.17) is 13.9 Å². The van der Waals surface area contributed by atoms with E-state index in [1.165, 1.54) is 20.3 Å². The number of Topliss-reactive ketones (excluding diaryl/α,β-unsaturated/α-hetero) is 1. The molecule has 0 saturated heterocycles. The number of ketones is 2. The maximum absolute atomic E-state index is 12.5. The number of furan rings is 1. The van der Waals surface area contributed by atoms with Gasteiger partial charge in [-0.25, -0.2) is 0 Å². The lowest BCUT2D eigenvalue weighted by atomic mass is 10.0. The predicted molar refractivity (Wildman–Crippen MR) is 113 cm³/mol. The van der Waals surface area contributed by atoms with Crippen molar-refractivity contribution in [2.45, 2.75) is 13.5 Å². The minimum Gasteiger partial charge on any atom is -0.493 e. The Morgan fingerprint density at radius 2 is 1.63 bits per heavy atom. The molecule has 4 aromatic rings. The molecule has 0 fully saturated rings. The maximum Gasteiger partial charge on any atom is 0.193 e. The van der Waals surface area contributed by atoms with E-state index in [2.05, 4.69) is 0 Å². The third kappa shape index (κ3) is 3.70. The Hall–Kier alpha value is -3.86. The number of ether oxygens (including phenoxy) is 2. The number of methoxy groups -OCH3 is 1. The average Bonchev–Trinajstić information content (AvgIpc) is 3.27. The molecule has 0 atom stereocenters. The van der Waals surface area contributed by atoms with E-state index in [0.29, 0.717) is 39.2 Å². The molecule has 1 aromatic heterocycles. The molecule has 0 bridgehead atoms. The minimum atomic E-state index is -0.129. The van der Waals surface area contributed by atoms with Gasteiger partial charge in [0.15, 0.2) is 22.9 Å². The molecule has 0 saturated carbocycles. The molecule has 0 aliphatic rings. The van der Waals surface area contributed by atoms with E-state index in [9.17, 15) is 9.59 Å². The zero-order chi connectivity index (χ0) is 21.1. The molecule has 0 unspecified atom stereocenters. The van der Waals surface area contributed by atoms with Gasteiger partial charge in [-0.1, -0.05) is 54.6 Å². The number of benzene rings is 3. The summed E-state index contributed by atoms with van der Waals surface area (Å²) >= 11 is 0. The van der Waals surface area contributed by atoms with Crippen LogP contribution in [0.4, 0.5) is 0 Å². The number of fused-ring (bicyclic) bond motifs is 1. The van der Waals surface area contributed by atoms with Crippen molar-refractivity contribution in [1.29, 1.82) is 0 Å². The molecule has 5 heteroatoms. The normalized spacial score (nSPS) is 10.7. The van der Waals surface area contributed by atoms with E-state index in [-0.39, 0.29) is 18.2 Å². The summed E-state index contributed by atoms with van der Waals surface area (Å²) in [6, 6.07) is 19.8. The fourth-order valence-corrected chi connectivity index (χ4v) is 3.32. The molecule has 5 nitrogen and oxygen atoms in total. The molecule has 1 heterocycles. The predicted octanol–water partition coefficient (Wildman–Crippen LogP) is 5.45. The van der Waals surface area contributed by atoms with Crippen LogP contribution in [0.5, 0.6) is 11.5 Å². The van der Waals surface area contributed by atoms with Gasteiger partial charge in [0, 0.05) is 11.1 Å². The van der Waals surface area contributed by atoms with Crippen molar-refractivity contribution in [3.63, 3.8) is 0 Å². The Balaban J connectivity index is 1.57. The van der Waals surface area contributed by atoms with Crippen LogP contribution in [0.15, 0.2) is 77.4 Å². The minimum absolute atomic E-state index is 0.0304. The Morgan fingerprint density at radius 1 is 0.933 bits per heavy atom. The zero-order valence-electron chi connectivity index (χ0n) is 16.7. The lowest BCUT2D eigenvalue weighted by Gasteiger charge is -2.13. The maximum atomic E-state index is 12.5. The van der Waals surface area contributed by atoms with Gasteiger partial charge in [-0.15, -0.1) is 0 Å². The van der Waals surface area contributed by atoms with Crippen LogP contribution in [-0.2, 0) is 6.61 Å². The Bertz CT molecular complexity index is 1200. The topological polar surface area (TPSA) is 65.7 Å². The first-order valence-electron chi connectivity index (χ1n) is 9.49. The third-order valence-corrected chi connectivity index (χ3v) is 4.89. The first-order valence-corrected chi connectivity index (χ1v) is 9.49. The van der Waals surface area contributed by atoms with Gasteiger partial charge in [0.2, 0.25) is 0 Å². The van der Waals surface area contributed by atoms with Gasteiger partial charge < -0.3 is 13.9 Å². The van der Waals surface area contributed by atoms with Crippen molar-refractivity contribution in [1.82, 2.24) is 0 Å². The van der Waals surface area contributed by atoms with Crippen LogP contribution < -0.4 is 9.47 Å². The molecule has 0 amide bonds. The van der Waals surface area contributed by atoms with Crippen LogP contribution >= 0.6 is 0 Å². The molecule has 0 aliphatic heterocycles. The highest BCUT2D eigenvalue weighted by Gasteiger charge is 2.19. The highest BCUT2D eigenvalue weighted by atomic mass is 16.5. The number of hydrogen-bond acceptors (Lipinski definition) is 5. The van der Waals surface area contributed by atoms with Crippen molar-refractivity contribution < 1.29 is 23.5 Å². The zero-order valence-corrected chi connectivity index (χ0v) is 16.7. The Morgan fingerprint density at radius 3 is 2.30 bits per heavy atom. The van der Waals surface area contributed by atoms with Crippen molar-refractivity contribution in [2.24, 2.45) is 0 Å². The number of carbonyl (C=O) groups excluding carboxylic acids is 2. The van der Waals surface area contributed by atoms with E-state index < -0.39 is 0 Å². The van der Waals surface area contributed by atoms with Gasteiger partial charge in [-0.3, -0.25) is 9.59 Å². The Kier molecular flexibility index (Phi) is 5.35. The molecular formula is C25H20O5. The molecule has 30 heavy (non-hydrogen) atoms. The standard InChI is InChI=1S/C25H20O5/c1-16(26)21-14-22(28-2)25-20(12-13-29-25)24(21)30-15-17-8-10-19(11-9-17)23(27)18-6-4-3-5-7-18/h3-14H,15H2,1-2H3. The molecule has 3 aromatic carbocycles. The van der Waals surface area contributed by atoms with Gasteiger partial charge in [-0.2, -0.15) is 0 Å². The molecule has 4 rings (SSSR count). The summed E-state index contributed by atoms with van der Waals surface area (Å²) in [5.74, 6) is 0.778. The van der Waals surface area contributed by atoms with Crippen molar-refractivity contribution in [2.75, 3.05) is 7.11 Å². The van der Waals surface area contributed by atoms with Gasteiger partial charge in [0.1, 0.15) is 12.4 Å². The smallest absolute Gasteiger partial charge is 0.193 e. The number of hydrogen-bond donors (Lipinski definition) is 0. The van der Waals surface area contributed by atoms with E-state index >= 15 is 0 Å². The number of carbonyl (C=O) groups is 2. The summed E-state index contributed by atoms with van der Waals surface area (Å²) in [5.41, 5.74) is 3.09. The van der Waals surface area contributed by atoms with Gasteiger partial charge in [-0.05, 0) is 24.6 Å². The van der Waals surface area contributed by atoms with Crippen LogP contribution in [0, 0.1) is 0 Å². The highest BCUT2D eigenvalue weighted by Crippen LogP contribution is 2.38. The summed E-state index contributed by atoms with van der Waals surface area (Å²) in [6.45, 7) is 1.73. The van der Waals surface area contributed by atoms with Crippen LogP contribution in [0.2, 0.25) is 0 Å². The van der Waals surface area contributed by atoms with Crippen molar-refractivity contribution in [3.05, 3.63) is 95.2 Å². The quantitative estimate of drug-likeness (QED) is 0.386. The summed E-state index contributed by atoms with van der Waals surface area (Å²) in [7, 11) is 1.53. The fourth-order valence-electron chi connectivity index (χ4n) is 3.32. The fraction of sp³-hybridized carbons (Fsp3) is 0.120. The van der Waals surface area contributed by atoms with E-state index in [1.54, 1.807) is 36.4 Å². The monoisotopic (exact) mass is 400 g/mol. The van der Waals surface area contributed by atoms with Crippen LogP contribution in [0.3, 0.4) is 0 Å². The molecule has 0 aliphatic carbocycles. The molecule has 0 radical (unpaired) electrons. The number of rotatable bonds is 7. The van der Waals surface area contributed by atoms with Crippen molar-refractivity contribution in [3.8, 4) is 11.5 Å². The largest absolute Gasteiger partial charge is 0.493 e. The molecule has 0 spiro atoms. The average molecular weight is 400 g/mol. The van der Waals surface area contributed by atoms with Crippen LogP contribution in [-0.4, -0.2) is 18.7 Å². The molecule has 150 valence electrons. The second-order valence-electron chi connectivity index (χ2n) is 6.86. The first-order chi connectivity index (χ1) is 14.6. The SMILES string of the molecule is COc1cc(C(C)=O)c(OCc2ccc(C(=O)c3ccccc3)cc2)c2ccoc12. The summed E-state index contributed by atoms with van der Waals surface area (Å²) in [4.78, 5) is 24.7. The van der Waals surface area contributed by atoms with Crippen LogP contribution in [0.25, 0.3) is 11.0 Å². The van der Waals surface area contributed by atoms with Crippen LogP contribution in [0.1, 0.15) is 38.8 Å². The van der Waals surface area contributed by atoms with E-state index in [1.807, 2.05) is 30.3 Å². The molecule has 0 N–H and O–H groups in total. The summed E-state index contributed by atoms with van der Waals surface area (Å²) < 4.78 is 16.8. The van der Waals surface area contributed by atoms with Gasteiger partial charge >= 0.3 is 0 Å². The third-order valence-electron chi connectivity index (χ3n) is 4.89. The first kappa shape index (κ1) is 19.5. The Labute approximate surface area is 173 Å².